The molecule has 0 saturated heterocycles. The van der Waals surface area contributed by atoms with Gasteiger partial charge in [-0.2, -0.15) is 0 Å². The lowest BCUT2D eigenvalue weighted by atomic mass is 10.2. The van der Waals surface area contributed by atoms with Gasteiger partial charge in [0.1, 0.15) is 5.75 Å². The zero-order valence-corrected chi connectivity index (χ0v) is 9.24. The highest BCUT2D eigenvalue weighted by molar-refractivity contribution is 5.76. The van der Waals surface area contributed by atoms with Gasteiger partial charge in [0.2, 0.25) is 12.3 Å². The standard InChI is InChI=1S/C11H14N2O3/c1-8(15)12-6-9-3-4-11(16-2)10(5-9)13-7-14/h3-5,7H,6H2,1-2H3,(H,12,15)(H,13,14). The highest BCUT2D eigenvalue weighted by Crippen LogP contribution is 2.24. The second-order valence-electron chi connectivity index (χ2n) is 3.21. The maximum Gasteiger partial charge on any atom is 0.217 e. The average Bonchev–Trinajstić information content (AvgIpc) is 2.27. The predicted octanol–water partition coefficient (Wildman–Crippen LogP) is 0.900. The summed E-state index contributed by atoms with van der Waals surface area (Å²) in [5, 5.41) is 5.21. The molecule has 0 aliphatic rings. The first kappa shape index (κ1) is 12.0. The molecule has 0 unspecified atom stereocenters. The predicted molar refractivity (Wildman–Crippen MR) is 60.2 cm³/mol. The number of amides is 2. The van der Waals surface area contributed by atoms with Crippen LogP contribution in [-0.4, -0.2) is 19.4 Å². The van der Waals surface area contributed by atoms with Gasteiger partial charge in [0.15, 0.2) is 0 Å². The fraction of sp³-hybridized carbons (Fsp3) is 0.273. The number of methoxy groups -OCH3 is 1. The SMILES string of the molecule is COc1ccc(CNC(C)=O)cc1NC=O. The molecule has 86 valence electrons. The fourth-order valence-electron chi connectivity index (χ4n) is 1.27. The van der Waals surface area contributed by atoms with Crippen LogP contribution in [0.4, 0.5) is 5.69 Å². The number of rotatable bonds is 5. The third kappa shape index (κ3) is 3.27. The van der Waals surface area contributed by atoms with Crippen molar-refractivity contribution in [3.05, 3.63) is 23.8 Å². The van der Waals surface area contributed by atoms with Gasteiger partial charge in [-0.3, -0.25) is 9.59 Å². The van der Waals surface area contributed by atoms with E-state index in [-0.39, 0.29) is 5.91 Å². The van der Waals surface area contributed by atoms with Crippen molar-refractivity contribution in [2.75, 3.05) is 12.4 Å². The summed E-state index contributed by atoms with van der Waals surface area (Å²) in [6, 6.07) is 5.32. The molecule has 0 radical (unpaired) electrons. The Bertz CT molecular complexity index is 391. The van der Waals surface area contributed by atoms with E-state index in [0.717, 1.165) is 5.56 Å². The van der Waals surface area contributed by atoms with Crippen molar-refractivity contribution in [1.29, 1.82) is 0 Å². The van der Waals surface area contributed by atoms with Gasteiger partial charge in [-0.1, -0.05) is 6.07 Å². The number of carbonyl (C=O) groups excluding carboxylic acids is 2. The molecule has 0 bridgehead atoms. The minimum atomic E-state index is -0.0966. The number of hydrogen-bond donors (Lipinski definition) is 2. The van der Waals surface area contributed by atoms with Gasteiger partial charge in [0.05, 0.1) is 12.8 Å². The molecule has 1 rings (SSSR count). The van der Waals surface area contributed by atoms with Gasteiger partial charge in [-0.15, -0.1) is 0 Å². The highest BCUT2D eigenvalue weighted by atomic mass is 16.5. The van der Waals surface area contributed by atoms with Crippen molar-refractivity contribution in [2.24, 2.45) is 0 Å². The Morgan fingerprint density at radius 1 is 1.50 bits per heavy atom. The summed E-state index contributed by atoms with van der Waals surface area (Å²) in [6.45, 7) is 1.88. The molecule has 0 aromatic heterocycles. The maximum atomic E-state index is 10.7. The van der Waals surface area contributed by atoms with Gasteiger partial charge in [0, 0.05) is 13.5 Å². The van der Waals surface area contributed by atoms with E-state index in [1.54, 1.807) is 12.1 Å². The lowest BCUT2D eigenvalue weighted by molar-refractivity contribution is -0.119. The van der Waals surface area contributed by atoms with E-state index in [1.807, 2.05) is 6.07 Å². The number of nitrogens with one attached hydrogen (secondary N) is 2. The van der Waals surface area contributed by atoms with Crippen LogP contribution in [0.5, 0.6) is 5.75 Å². The molecule has 5 nitrogen and oxygen atoms in total. The largest absolute Gasteiger partial charge is 0.495 e. The molecule has 0 aliphatic carbocycles. The molecule has 0 aliphatic heterocycles. The normalized spacial score (nSPS) is 9.38. The molecular formula is C11H14N2O3. The Balaban J connectivity index is 2.83. The van der Waals surface area contributed by atoms with Gasteiger partial charge in [-0.05, 0) is 17.7 Å². The van der Waals surface area contributed by atoms with E-state index in [1.165, 1.54) is 14.0 Å². The summed E-state index contributed by atoms with van der Waals surface area (Å²) in [7, 11) is 1.53. The van der Waals surface area contributed by atoms with Crippen molar-refractivity contribution in [3.63, 3.8) is 0 Å². The lowest BCUT2D eigenvalue weighted by Crippen LogP contribution is -2.18. The van der Waals surface area contributed by atoms with E-state index < -0.39 is 0 Å². The van der Waals surface area contributed by atoms with Gasteiger partial charge in [-0.25, -0.2) is 0 Å². The fourth-order valence-corrected chi connectivity index (χ4v) is 1.27. The topological polar surface area (TPSA) is 67.4 Å². The summed E-state index contributed by atoms with van der Waals surface area (Å²) < 4.78 is 5.07. The molecule has 1 aromatic carbocycles. The smallest absolute Gasteiger partial charge is 0.217 e. The summed E-state index contributed by atoms with van der Waals surface area (Å²) in [5.41, 5.74) is 1.47. The molecule has 2 N–H and O–H groups in total. The minimum absolute atomic E-state index is 0.0966. The minimum Gasteiger partial charge on any atom is -0.495 e. The van der Waals surface area contributed by atoms with Crippen LogP contribution < -0.4 is 15.4 Å². The Labute approximate surface area is 93.8 Å². The zero-order valence-electron chi connectivity index (χ0n) is 9.24. The van der Waals surface area contributed by atoms with Crippen molar-refractivity contribution in [2.45, 2.75) is 13.5 Å². The molecule has 0 fully saturated rings. The molecular weight excluding hydrogens is 208 g/mol. The van der Waals surface area contributed by atoms with Crippen LogP contribution in [0, 0.1) is 0 Å². The van der Waals surface area contributed by atoms with Crippen LogP contribution in [-0.2, 0) is 16.1 Å². The maximum absolute atomic E-state index is 10.7. The van der Waals surface area contributed by atoms with E-state index in [2.05, 4.69) is 10.6 Å². The van der Waals surface area contributed by atoms with E-state index in [9.17, 15) is 9.59 Å². The van der Waals surface area contributed by atoms with Crippen LogP contribution in [0.15, 0.2) is 18.2 Å². The number of benzene rings is 1. The van der Waals surface area contributed by atoms with Gasteiger partial charge < -0.3 is 15.4 Å². The summed E-state index contributed by atoms with van der Waals surface area (Å²) in [4.78, 5) is 21.1. The molecule has 0 atom stereocenters. The summed E-state index contributed by atoms with van der Waals surface area (Å²) >= 11 is 0. The number of hydrogen-bond acceptors (Lipinski definition) is 3. The number of carbonyl (C=O) groups is 2. The highest BCUT2D eigenvalue weighted by Gasteiger charge is 2.03. The van der Waals surface area contributed by atoms with Crippen LogP contribution in [0.1, 0.15) is 12.5 Å². The molecule has 2 amide bonds. The zero-order chi connectivity index (χ0) is 12.0. The van der Waals surface area contributed by atoms with Gasteiger partial charge >= 0.3 is 0 Å². The Morgan fingerprint density at radius 2 is 2.25 bits per heavy atom. The van der Waals surface area contributed by atoms with Crippen LogP contribution in [0.3, 0.4) is 0 Å². The molecule has 16 heavy (non-hydrogen) atoms. The Hall–Kier alpha value is -2.04. The van der Waals surface area contributed by atoms with E-state index in [4.69, 9.17) is 4.74 Å². The molecule has 0 heterocycles. The van der Waals surface area contributed by atoms with Crippen LogP contribution >= 0.6 is 0 Å². The number of ether oxygens (including phenoxy) is 1. The van der Waals surface area contributed by atoms with Crippen molar-refractivity contribution >= 4 is 18.0 Å². The van der Waals surface area contributed by atoms with Crippen molar-refractivity contribution in [1.82, 2.24) is 5.32 Å². The lowest BCUT2D eigenvalue weighted by Gasteiger charge is -2.09. The van der Waals surface area contributed by atoms with E-state index >= 15 is 0 Å². The first-order valence-electron chi connectivity index (χ1n) is 4.79. The summed E-state index contributed by atoms with van der Waals surface area (Å²) in [5.74, 6) is 0.486. The Morgan fingerprint density at radius 3 is 2.81 bits per heavy atom. The molecule has 0 saturated carbocycles. The Kier molecular flexibility index (Phi) is 4.32. The second-order valence-corrected chi connectivity index (χ2v) is 3.21. The number of anilines is 1. The average molecular weight is 222 g/mol. The first-order chi connectivity index (χ1) is 7.67. The molecule has 0 spiro atoms. The third-order valence-corrected chi connectivity index (χ3v) is 2.02. The first-order valence-corrected chi connectivity index (χ1v) is 4.79. The van der Waals surface area contributed by atoms with Crippen LogP contribution in [0.2, 0.25) is 0 Å². The molecule has 5 heteroatoms. The second kappa shape index (κ2) is 5.75. The molecule has 1 aromatic rings. The third-order valence-electron chi connectivity index (χ3n) is 2.02. The monoisotopic (exact) mass is 222 g/mol. The summed E-state index contributed by atoms with van der Waals surface area (Å²) in [6.07, 6.45) is 0.583. The van der Waals surface area contributed by atoms with E-state index in [0.29, 0.717) is 24.4 Å². The van der Waals surface area contributed by atoms with Gasteiger partial charge in [0.25, 0.3) is 0 Å². The van der Waals surface area contributed by atoms with Crippen molar-refractivity contribution in [3.8, 4) is 5.75 Å². The quantitative estimate of drug-likeness (QED) is 0.727. The van der Waals surface area contributed by atoms with Crippen LogP contribution in [0.25, 0.3) is 0 Å². The van der Waals surface area contributed by atoms with Crippen molar-refractivity contribution < 1.29 is 14.3 Å².